The van der Waals surface area contributed by atoms with Crippen LogP contribution < -0.4 is 0 Å². The van der Waals surface area contributed by atoms with Crippen molar-refractivity contribution in [2.24, 2.45) is 0 Å². The number of nitrogens with zero attached hydrogens (tertiary/aromatic N) is 2. The van der Waals surface area contributed by atoms with Crippen LogP contribution in [0.4, 0.5) is 0 Å². The van der Waals surface area contributed by atoms with Gasteiger partial charge in [-0.3, -0.25) is 4.90 Å². The van der Waals surface area contributed by atoms with Gasteiger partial charge in [-0.25, -0.2) is 4.98 Å². The van der Waals surface area contributed by atoms with E-state index in [-0.39, 0.29) is 0 Å². The predicted molar refractivity (Wildman–Crippen MR) is 77.4 cm³/mol. The Labute approximate surface area is 114 Å². The van der Waals surface area contributed by atoms with Crippen molar-refractivity contribution < 1.29 is 0 Å². The lowest BCUT2D eigenvalue weighted by atomic mass is 9.92. The van der Waals surface area contributed by atoms with Crippen LogP contribution in [-0.4, -0.2) is 34.0 Å². The van der Waals surface area contributed by atoms with Gasteiger partial charge in [0.1, 0.15) is 5.82 Å². The van der Waals surface area contributed by atoms with Crippen molar-refractivity contribution >= 4 is 11.0 Å². The minimum Gasteiger partial charge on any atom is -0.342 e. The molecule has 1 atom stereocenters. The summed E-state index contributed by atoms with van der Waals surface area (Å²) in [4.78, 5) is 11.0. The van der Waals surface area contributed by atoms with Crippen molar-refractivity contribution in [1.29, 1.82) is 0 Å². The van der Waals surface area contributed by atoms with E-state index in [0.717, 1.165) is 11.6 Å². The highest BCUT2D eigenvalue weighted by Gasteiger charge is 2.33. The average molecular weight is 255 g/mol. The molecule has 0 amide bonds. The van der Waals surface area contributed by atoms with Crippen LogP contribution in [0.2, 0.25) is 0 Å². The van der Waals surface area contributed by atoms with Crippen LogP contribution >= 0.6 is 0 Å². The highest BCUT2D eigenvalue weighted by Crippen LogP contribution is 2.33. The number of benzene rings is 1. The highest BCUT2D eigenvalue weighted by molar-refractivity contribution is 5.75. The van der Waals surface area contributed by atoms with Gasteiger partial charge < -0.3 is 4.98 Å². The van der Waals surface area contributed by atoms with Gasteiger partial charge in [0.25, 0.3) is 0 Å². The van der Waals surface area contributed by atoms with E-state index < -0.39 is 0 Å². The summed E-state index contributed by atoms with van der Waals surface area (Å²) in [6.07, 6.45) is 5.50. The number of fused-ring (bicyclic) bond motifs is 1. The summed E-state index contributed by atoms with van der Waals surface area (Å²) in [5.74, 6) is 1.80. The molecule has 1 aromatic heterocycles. The summed E-state index contributed by atoms with van der Waals surface area (Å²) in [5.41, 5.74) is 3.60. The molecule has 2 aliphatic rings. The maximum absolute atomic E-state index is 4.79. The zero-order valence-electron chi connectivity index (χ0n) is 11.5. The van der Waals surface area contributed by atoms with Crippen LogP contribution in [0.15, 0.2) is 18.2 Å². The summed E-state index contributed by atoms with van der Waals surface area (Å²) in [6.45, 7) is 4.59. The van der Waals surface area contributed by atoms with Crippen LogP contribution in [0.1, 0.15) is 43.0 Å². The summed E-state index contributed by atoms with van der Waals surface area (Å²) in [7, 11) is 0. The number of H-pyrrole nitrogens is 1. The Balaban J connectivity index is 1.57. The van der Waals surface area contributed by atoms with Crippen molar-refractivity contribution in [1.82, 2.24) is 14.9 Å². The molecule has 1 saturated heterocycles. The molecule has 100 valence electrons. The van der Waals surface area contributed by atoms with E-state index in [1.807, 2.05) is 0 Å². The summed E-state index contributed by atoms with van der Waals surface area (Å²) < 4.78 is 0. The average Bonchev–Trinajstić information content (AvgIpc) is 2.92. The van der Waals surface area contributed by atoms with Crippen LogP contribution in [0, 0.1) is 6.92 Å². The molecule has 4 rings (SSSR count). The van der Waals surface area contributed by atoms with Crippen molar-refractivity contribution in [2.75, 3.05) is 13.1 Å². The molecule has 19 heavy (non-hydrogen) atoms. The number of aryl methyl sites for hydroxylation is 1. The predicted octanol–water partition coefficient (Wildman–Crippen LogP) is 3.21. The van der Waals surface area contributed by atoms with Gasteiger partial charge >= 0.3 is 0 Å². The Morgan fingerprint density at radius 3 is 2.95 bits per heavy atom. The lowest BCUT2D eigenvalue weighted by Gasteiger charge is -2.34. The molecule has 0 spiro atoms. The first-order chi connectivity index (χ1) is 9.29. The molecule has 1 aromatic carbocycles. The Morgan fingerprint density at radius 2 is 2.16 bits per heavy atom. The molecule has 1 aliphatic carbocycles. The van der Waals surface area contributed by atoms with Crippen molar-refractivity contribution in [3.63, 3.8) is 0 Å². The number of rotatable bonds is 2. The molecular formula is C16H21N3. The minimum atomic E-state index is 0.605. The van der Waals surface area contributed by atoms with Gasteiger partial charge in [0, 0.05) is 18.5 Å². The molecule has 2 heterocycles. The third-order valence-electron chi connectivity index (χ3n) is 4.85. The van der Waals surface area contributed by atoms with Gasteiger partial charge in [-0.1, -0.05) is 12.5 Å². The molecular weight excluding hydrogens is 234 g/mol. The maximum Gasteiger partial charge on any atom is 0.111 e. The summed E-state index contributed by atoms with van der Waals surface area (Å²) in [5, 5.41) is 0. The Bertz CT molecular complexity index is 597. The normalized spacial score (nSPS) is 25.0. The zero-order valence-corrected chi connectivity index (χ0v) is 11.5. The lowest BCUT2D eigenvalue weighted by molar-refractivity contribution is 0.157. The lowest BCUT2D eigenvalue weighted by Crippen LogP contribution is -2.38. The van der Waals surface area contributed by atoms with E-state index in [1.165, 1.54) is 55.7 Å². The fourth-order valence-corrected chi connectivity index (χ4v) is 3.43. The van der Waals surface area contributed by atoms with Gasteiger partial charge in [0.05, 0.1) is 11.0 Å². The van der Waals surface area contributed by atoms with Gasteiger partial charge in [-0.05, 0) is 50.4 Å². The summed E-state index contributed by atoms with van der Waals surface area (Å²) >= 11 is 0. The Kier molecular flexibility index (Phi) is 2.62. The van der Waals surface area contributed by atoms with Crippen LogP contribution in [0.3, 0.4) is 0 Å². The van der Waals surface area contributed by atoms with E-state index in [9.17, 15) is 0 Å². The number of aromatic amines is 1. The van der Waals surface area contributed by atoms with E-state index >= 15 is 0 Å². The molecule has 0 unspecified atom stereocenters. The standard InChI is InChI=1S/C16H21N3/c1-11-5-6-14-15(9-11)18-16(17-14)12-7-8-19(10-12)13-3-2-4-13/h5-6,9,12-13H,2-4,7-8,10H2,1H3,(H,17,18)/t12-/m0/s1. The van der Waals surface area contributed by atoms with Gasteiger partial charge in [-0.15, -0.1) is 0 Å². The largest absolute Gasteiger partial charge is 0.342 e. The third kappa shape index (κ3) is 1.96. The van der Waals surface area contributed by atoms with Crippen LogP contribution in [0.5, 0.6) is 0 Å². The number of likely N-dealkylation sites (tertiary alicyclic amines) is 1. The number of nitrogens with one attached hydrogen (secondary N) is 1. The summed E-state index contributed by atoms with van der Waals surface area (Å²) in [6, 6.07) is 7.34. The van der Waals surface area contributed by atoms with Gasteiger partial charge in [0.2, 0.25) is 0 Å². The SMILES string of the molecule is Cc1ccc2nc([C@H]3CCN(C4CCC4)C3)[nH]c2c1. The smallest absolute Gasteiger partial charge is 0.111 e. The Hall–Kier alpha value is -1.35. The fourth-order valence-electron chi connectivity index (χ4n) is 3.43. The second kappa shape index (κ2) is 4.34. The van der Waals surface area contributed by atoms with Gasteiger partial charge in [0.15, 0.2) is 0 Å². The van der Waals surface area contributed by atoms with E-state index in [4.69, 9.17) is 4.98 Å². The van der Waals surface area contributed by atoms with Crippen LogP contribution in [-0.2, 0) is 0 Å². The third-order valence-corrected chi connectivity index (χ3v) is 4.85. The molecule has 0 bridgehead atoms. The first-order valence-electron chi connectivity index (χ1n) is 7.50. The molecule has 0 radical (unpaired) electrons. The molecule has 1 aliphatic heterocycles. The number of hydrogen-bond acceptors (Lipinski definition) is 2. The second-order valence-electron chi connectivity index (χ2n) is 6.21. The minimum absolute atomic E-state index is 0.605. The monoisotopic (exact) mass is 255 g/mol. The second-order valence-corrected chi connectivity index (χ2v) is 6.21. The number of aromatic nitrogens is 2. The molecule has 2 aromatic rings. The molecule has 3 heteroatoms. The fraction of sp³-hybridized carbons (Fsp3) is 0.562. The van der Waals surface area contributed by atoms with Crippen molar-refractivity contribution in [2.45, 2.75) is 44.6 Å². The van der Waals surface area contributed by atoms with Crippen LogP contribution in [0.25, 0.3) is 11.0 Å². The maximum atomic E-state index is 4.79. The molecule has 3 nitrogen and oxygen atoms in total. The van der Waals surface area contributed by atoms with Gasteiger partial charge in [-0.2, -0.15) is 0 Å². The quantitative estimate of drug-likeness (QED) is 0.893. The zero-order chi connectivity index (χ0) is 12.8. The first-order valence-corrected chi connectivity index (χ1v) is 7.50. The van der Waals surface area contributed by atoms with E-state index in [1.54, 1.807) is 0 Å². The van der Waals surface area contributed by atoms with Crippen molar-refractivity contribution in [3.8, 4) is 0 Å². The van der Waals surface area contributed by atoms with E-state index in [0.29, 0.717) is 5.92 Å². The first kappa shape index (κ1) is 11.5. The molecule has 1 N–H and O–H groups in total. The number of hydrogen-bond donors (Lipinski definition) is 1. The van der Waals surface area contributed by atoms with Crippen molar-refractivity contribution in [3.05, 3.63) is 29.6 Å². The topological polar surface area (TPSA) is 31.9 Å². The Morgan fingerprint density at radius 1 is 1.26 bits per heavy atom. The highest BCUT2D eigenvalue weighted by atomic mass is 15.2. The molecule has 1 saturated carbocycles. The molecule has 2 fully saturated rings. The van der Waals surface area contributed by atoms with E-state index in [2.05, 4.69) is 35.0 Å². The number of imidazole rings is 1.